The molecular weight excluding hydrogens is 264 g/mol. The Kier molecular flexibility index (Phi) is 2.96. The van der Waals surface area contributed by atoms with E-state index in [-0.39, 0.29) is 10.8 Å². The Hall–Kier alpha value is -0.710. The summed E-state index contributed by atoms with van der Waals surface area (Å²) < 4.78 is 31.1. The summed E-state index contributed by atoms with van der Waals surface area (Å²) >= 11 is 0. The fourth-order valence-corrected chi connectivity index (χ4v) is 4.82. The fraction of sp³-hybridized carbons (Fsp3) is 0.933. The number of ether oxygens (including phenoxy) is 1. The summed E-state index contributed by atoms with van der Waals surface area (Å²) in [5.74, 6) is -3.97. The first-order chi connectivity index (χ1) is 9.15. The summed E-state index contributed by atoms with van der Waals surface area (Å²) in [4.78, 5) is 11.0. The molecule has 3 nitrogen and oxygen atoms in total. The molecule has 4 atom stereocenters. The van der Waals surface area contributed by atoms with Crippen LogP contribution in [0.2, 0.25) is 0 Å². The van der Waals surface area contributed by atoms with Gasteiger partial charge in [-0.2, -0.15) is 8.78 Å². The Labute approximate surface area is 118 Å². The van der Waals surface area contributed by atoms with Crippen molar-refractivity contribution in [2.24, 2.45) is 16.7 Å². The second-order valence-electron chi connectivity index (χ2n) is 7.69. The molecule has 3 rings (SSSR count). The minimum absolute atomic E-state index is 0.179. The zero-order valence-corrected chi connectivity index (χ0v) is 12.3. The summed E-state index contributed by atoms with van der Waals surface area (Å²) in [5, 5.41) is 3.43. The van der Waals surface area contributed by atoms with Crippen LogP contribution in [-0.2, 0) is 9.53 Å². The number of carbonyl (C=O) groups excluding carboxylic acids is 1. The number of hydrogen-bond acceptors (Lipinski definition) is 3. The van der Waals surface area contributed by atoms with E-state index in [1.807, 2.05) is 0 Å². The van der Waals surface area contributed by atoms with E-state index in [1.165, 1.54) is 19.3 Å². The number of esters is 1. The molecule has 3 fully saturated rings. The molecule has 5 heteroatoms. The molecule has 0 aromatic carbocycles. The van der Waals surface area contributed by atoms with Crippen LogP contribution >= 0.6 is 0 Å². The van der Waals surface area contributed by atoms with E-state index < -0.39 is 24.4 Å². The van der Waals surface area contributed by atoms with Crippen LogP contribution in [0.1, 0.15) is 46.5 Å². The quantitative estimate of drug-likeness (QED) is 0.811. The average molecular weight is 287 g/mol. The number of cyclic esters (lactones) is 1. The second-order valence-corrected chi connectivity index (χ2v) is 7.69. The SMILES string of the molecule is CC12CCC(C1)C(C)(C)C2NCC1CC(F)(F)C(=O)O1. The van der Waals surface area contributed by atoms with Crippen LogP contribution in [0.5, 0.6) is 0 Å². The summed E-state index contributed by atoms with van der Waals surface area (Å²) in [6.07, 6.45) is 2.47. The van der Waals surface area contributed by atoms with Crippen molar-refractivity contribution in [3.8, 4) is 0 Å². The van der Waals surface area contributed by atoms with Crippen molar-refractivity contribution in [3.05, 3.63) is 0 Å². The molecule has 2 aliphatic carbocycles. The molecule has 0 radical (unpaired) electrons. The van der Waals surface area contributed by atoms with Gasteiger partial charge in [-0.15, -0.1) is 0 Å². The zero-order chi connectivity index (χ0) is 14.8. The second kappa shape index (κ2) is 4.15. The van der Waals surface area contributed by atoms with Gasteiger partial charge in [-0.05, 0) is 36.0 Å². The molecule has 1 heterocycles. The first-order valence-electron chi connectivity index (χ1n) is 7.47. The molecule has 114 valence electrons. The van der Waals surface area contributed by atoms with E-state index in [0.29, 0.717) is 18.5 Å². The van der Waals surface area contributed by atoms with Gasteiger partial charge in [-0.1, -0.05) is 20.8 Å². The Bertz CT molecular complexity index is 433. The number of halogens is 2. The number of carbonyl (C=O) groups is 1. The van der Waals surface area contributed by atoms with Gasteiger partial charge in [-0.25, -0.2) is 4.79 Å². The van der Waals surface area contributed by atoms with E-state index in [9.17, 15) is 13.6 Å². The standard InChI is InChI=1S/C15H23F2NO2/c1-13(2)9-4-5-14(3,6-9)11(13)18-8-10-7-15(16,17)12(19)20-10/h9-11,18H,4-8H2,1-3H3. The van der Waals surface area contributed by atoms with Gasteiger partial charge in [-0.3, -0.25) is 0 Å². The summed E-state index contributed by atoms with van der Waals surface area (Å²) in [7, 11) is 0. The lowest BCUT2D eigenvalue weighted by Gasteiger charge is -2.43. The van der Waals surface area contributed by atoms with Crippen molar-refractivity contribution in [1.82, 2.24) is 5.32 Å². The predicted molar refractivity (Wildman–Crippen MR) is 70.5 cm³/mol. The van der Waals surface area contributed by atoms with Crippen LogP contribution in [0.4, 0.5) is 8.78 Å². The van der Waals surface area contributed by atoms with Gasteiger partial charge in [0, 0.05) is 12.6 Å². The Morgan fingerprint density at radius 1 is 1.30 bits per heavy atom. The number of rotatable bonds is 3. The van der Waals surface area contributed by atoms with E-state index in [1.54, 1.807) is 0 Å². The molecule has 0 aromatic heterocycles. The van der Waals surface area contributed by atoms with Crippen LogP contribution in [0.15, 0.2) is 0 Å². The Morgan fingerprint density at radius 2 is 2.00 bits per heavy atom. The topological polar surface area (TPSA) is 38.3 Å². The highest BCUT2D eigenvalue weighted by molar-refractivity contribution is 5.79. The summed E-state index contributed by atoms with van der Waals surface area (Å²) in [6.45, 7) is 7.14. The van der Waals surface area contributed by atoms with Crippen molar-refractivity contribution < 1.29 is 18.3 Å². The minimum Gasteiger partial charge on any atom is -0.456 e. The highest BCUT2D eigenvalue weighted by Crippen LogP contribution is 2.62. The normalized spacial score (nSPS) is 44.9. The van der Waals surface area contributed by atoms with E-state index in [0.717, 1.165) is 0 Å². The largest absolute Gasteiger partial charge is 0.456 e. The fourth-order valence-electron chi connectivity index (χ4n) is 4.82. The number of alkyl halides is 2. The molecule has 2 bridgehead atoms. The lowest BCUT2D eigenvalue weighted by atomic mass is 9.68. The number of nitrogens with one attached hydrogen (secondary N) is 1. The molecule has 1 saturated heterocycles. The van der Waals surface area contributed by atoms with Crippen LogP contribution in [0.3, 0.4) is 0 Å². The summed E-state index contributed by atoms with van der Waals surface area (Å²) in [6, 6.07) is 0.307. The van der Waals surface area contributed by atoms with E-state index in [2.05, 4.69) is 26.1 Å². The minimum atomic E-state index is -3.31. The van der Waals surface area contributed by atoms with E-state index in [4.69, 9.17) is 4.74 Å². The zero-order valence-electron chi connectivity index (χ0n) is 12.3. The lowest BCUT2D eigenvalue weighted by Crippen LogP contribution is -2.52. The monoisotopic (exact) mass is 287 g/mol. The molecule has 20 heavy (non-hydrogen) atoms. The molecule has 4 unspecified atom stereocenters. The van der Waals surface area contributed by atoms with Gasteiger partial charge < -0.3 is 10.1 Å². The van der Waals surface area contributed by atoms with E-state index >= 15 is 0 Å². The Morgan fingerprint density at radius 3 is 2.50 bits per heavy atom. The number of hydrogen-bond donors (Lipinski definition) is 1. The highest BCUT2D eigenvalue weighted by Gasteiger charge is 2.59. The maximum Gasteiger partial charge on any atom is 0.377 e. The Balaban J connectivity index is 1.63. The predicted octanol–water partition coefficient (Wildman–Crippen LogP) is 2.74. The van der Waals surface area contributed by atoms with Crippen molar-refractivity contribution in [3.63, 3.8) is 0 Å². The van der Waals surface area contributed by atoms with Gasteiger partial charge in [0.05, 0.1) is 6.42 Å². The first-order valence-corrected chi connectivity index (χ1v) is 7.47. The van der Waals surface area contributed by atoms with Crippen LogP contribution in [-0.4, -0.2) is 30.6 Å². The third kappa shape index (κ3) is 1.97. The van der Waals surface area contributed by atoms with Gasteiger partial charge in [0.15, 0.2) is 0 Å². The summed E-state index contributed by atoms with van der Waals surface area (Å²) in [5.41, 5.74) is 0.428. The van der Waals surface area contributed by atoms with Gasteiger partial charge in [0.1, 0.15) is 6.10 Å². The van der Waals surface area contributed by atoms with Crippen molar-refractivity contribution >= 4 is 5.97 Å². The highest BCUT2D eigenvalue weighted by atomic mass is 19.3. The molecular formula is C15H23F2NO2. The number of fused-ring (bicyclic) bond motifs is 2. The maximum atomic E-state index is 13.2. The maximum absolute atomic E-state index is 13.2. The average Bonchev–Trinajstić information content (AvgIpc) is 2.86. The van der Waals surface area contributed by atoms with Crippen LogP contribution < -0.4 is 5.32 Å². The third-order valence-electron chi connectivity index (χ3n) is 5.88. The van der Waals surface area contributed by atoms with Gasteiger partial charge in [0.25, 0.3) is 0 Å². The molecule has 1 N–H and O–H groups in total. The molecule has 0 spiro atoms. The first kappa shape index (κ1) is 14.2. The lowest BCUT2D eigenvalue weighted by molar-refractivity contribution is -0.159. The smallest absolute Gasteiger partial charge is 0.377 e. The molecule has 0 amide bonds. The molecule has 0 aromatic rings. The molecule has 3 aliphatic rings. The third-order valence-corrected chi connectivity index (χ3v) is 5.88. The van der Waals surface area contributed by atoms with Crippen molar-refractivity contribution in [2.45, 2.75) is 64.5 Å². The molecule has 2 saturated carbocycles. The van der Waals surface area contributed by atoms with Gasteiger partial charge >= 0.3 is 11.9 Å². The van der Waals surface area contributed by atoms with Crippen LogP contribution in [0.25, 0.3) is 0 Å². The van der Waals surface area contributed by atoms with Gasteiger partial charge in [0.2, 0.25) is 0 Å². The van der Waals surface area contributed by atoms with Crippen molar-refractivity contribution in [2.75, 3.05) is 6.54 Å². The molecule has 1 aliphatic heterocycles. The van der Waals surface area contributed by atoms with Crippen LogP contribution in [0, 0.1) is 16.7 Å². The van der Waals surface area contributed by atoms with Crippen molar-refractivity contribution in [1.29, 1.82) is 0 Å².